The number of piperazine rings is 1. The quantitative estimate of drug-likeness (QED) is 0.841. The first-order valence-electron chi connectivity index (χ1n) is 6.45. The molecule has 94 valence electrons. The lowest BCUT2D eigenvalue weighted by Crippen LogP contribution is -2.46. The van der Waals surface area contributed by atoms with Gasteiger partial charge in [-0.05, 0) is 12.6 Å². The molecule has 17 heavy (non-hydrogen) atoms. The van der Waals surface area contributed by atoms with Crippen molar-refractivity contribution >= 4 is 0 Å². The minimum atomic E-state index is 0.472. The molecular weight excluding hydrogens is 210 g/mol. The van der Waals surface area contributed by atoms with Gasteiger partial charge in [0.25, 0.3) is 0 Å². The van der Waals surface area contributed by atoms with Crippen molar-refractivity contribution in [3.63, 3.8) is 0 Å². The van der Waals surface area contributed by atoms with Crippen molar-refractivity contribution in [2.75, 3.05) is 46.3 Å². The van der Waals surface area contributed by atoms with Crippen LogP contribution in [0.25, 0.3) is 0 Å². The first-order chi connectivity index (χ1) is 8.29. The molecule has 2 rings (SSSR count). The fourth-order valence-electron chi connectivity index (χ4n) is 2.38. The van der Waals surface area contributed by atoms with Gasteiger partial charge >= 0.3 is 0 Å². The summed E-state index contributed by atoms with van der Waals surface area (Å²) in [6, 6.07) is 10.6. The van der Waals surface area contributed by atoms with Crippen LogP contribution in [0.4, 0.5) is 0 Å². The van der Waals surface area contributed by atoms with E-state index in [0.717, 1.165) is 13.1 Å². The highest BCUT2D eigenvalue weighted by Crippen LogP contribution is 2.16. The average molecular weight is 233 g/mol. The summed E-state index contributed by atoms with van der Waals surface area (Å²) >= 11 is 0. The van der Waals surface area contributed by atoms with Gasteiger partial charge in [0, 0.05) is 45.2 Å². The second kappa shape index (κ2) is 6.15. The van der Waals surface area contributed by atoms with Crippen molar-refractivity contribution in [1.82, 2.24) is 9.80 Å². The molecule has 1 saturated heterocycles. The molecule has 0 saturated carbocycles. The van der Waals surface area contributed by atoms with Crippen LogP contribution in [0.3, 0.4) is 0 Å². The van der Waals surface area contributed by atoms with Crippen molar-refractivity contribution in [3.05, 3.63) is 35.9 Å². The van der Waals surface area contributed by atoms with E-state index in [1.54, 1.807) is 0 Å². The predicted molar refractivity (Wildman–Crippen MR) is 72.2 cm³/mol. The van der Waals surface area contributed by atoms with Gasteiger partial charge in [0.1, 0.15) is 0 Å². The zero-order chi connectivity index (χ0) is 12.1. The van der Waals surface area contributed by atoms with E-state index in [1.807, 2.05) is 0 Å². The number of benzene rings is 1. The largest absolute Gasteiger partial charge is 0.330 e. The molecule has 0 aliphatic carbocycles. The Labute approximate surface area is 104 Å². The Balaban J connectivity index is 1.92. The smallest absolute Gasteiger partial charge is 0.0110 e. The van der Waals surface area contributed by atoms with Crippen molar-refractivity contribution in [2.24, 2.45) is 5.73 Å². The fourth-order valence-corrected chi connectivity index (χ4v) is 2.38. The monoisotopic (exact) mass is 233 g/mol. The lowest BCUT2D eigenvalue weighted by Gasteiger charge is -2.34. The topological polar surface area (TPSA) is 32.5 Å². The molecule has 1 aliphatic heterocycles. The molecule has 1 aromatic carbocycles. The van der Waals surface area contributed by atoms with E-state index in [4.69, 9.17) is 5.73 Å². The molecule has 0 spiro atoms. The molecule has 0 aromatic heterocycles. The third kappa shape index (κ3) is 3.53. The Morgan fingerprint density at radius 1 is 1.12 bits per heavy atom. The minimum Gasteiger partial charge on any atom is -0.330 e. The number of hydrogen-bond donors (Lipinski definition) is 1. The Morgan fingerprint density at radius 3 is 2.35 bits per heavy atom. The molecule has 1 unspecified atom stereocenters. The van der Waals surface area contributed by atoms with E-state index in [9.17, 15) is 0 Å². The van der Waals surface area contributed by atoms with Crippen LogP contribution >= 0.6 is 0 Å². The predicted octanol–water partition coefficient (Wildman–Crippen LogP) is 0.976. The van der Waals surface area contributed by atoms with Gasteiger partial charge in [0.15, 0.2) is 0 Å². The normalized spacial score (nSPS) is 20.4. The van der Waals surface area contributed by atoms with E-state index in [0.29, 0.717) is 5.92 Å². The Bertz CT molecular complexity index is 317. The number of nitrogens with two attached hydrogens (primary N) is 1. The van der Waals surface area contributed by atoms with Gasteiger partial charge in [-0.2, -0.15) is 0 Å². The number of nitrogens with zero attached hydrogens (tertiary/aromatic N) is 2. The third-order valence-electron chi connectivity index (χ3n) is 3.63. The van der Waals surface area contributed by atoms with Crippen molar-refractivity contribution < 1.29 is 0 Å². The van der Waals surface area contributed by atoms with Crippen molar-refractivity contribution in [1.29, 1.82) is 0 Å². The zero-order valence-corrected chi connectivity index (χ0v) is 10.7. The van der Waals surface area contributed by atoms with Gasteiger partial charge in [0.2, 0.25) is 0 Å². The molecule has 0 bridgehead atoms. The lowest BCUT2D eigenvalue weighted by atomic mass is 9.98. The maximum atomic E-state index is 5.91. The molecule has 1 fully saturated rings. The van der Waals surface area contributed by atoms with Gasteiger partial charge in [0.05, 0.1) is 0 Å². The molecule has 3 heteroatoms. The molecule has 1 aliphatic rings. The van der Waals surface area contributed by atoms with Gasteiger partial charge in [-0.3, -0.25) is 0 Å². The second-order valence-electron chi connectivity index (χ2n) is 4.95. The highest BCUT2D eigenvalue weighted by atomic mass is 15.2. The molecule has 3 nitrogen and oxygen atoms in total. The molecule has 2 N–H and O–H groups in total. The summed E-state index contributed by atoms with van der Waals surface area (Å²) in [7, 11) is 2.19. The van der Waals surface area contributed by atoms with E-state index < -0.39 is 0 Å². The number of rotatable bonds is 4. The lowest BCUT2D eigenvalue weighted by molar-refractivity contribution is 0.147. The molecular formula is C14H23N3. The highest BCUT2D eigenvalue weighted by molar-refractivity contribution is 5.20. The van der Waals surface area contributed by atoms with Gasteiger partial charge < -0.3 is 15.5 Å². The Kier molecular flexibility index (Phi) is 4.54. The summed E-state index contributed by atoms with van der Waals surface area (Å²) in [5, 5.41) is 0. The van der Waals surface area contributed by atoms with Crippen LogP contribution in [0.1, 0.15) is 11.5 Å². The van der Waals surface area contributed by atoms with E-state index in [-0.39, 0.29) is 0 Å². The maximum Gasteiger partial charge on any atom is 0.0110 e. The Morgan fingerprint density at radius 2 is 1.76 bits per heavy atom. The zero-order valence-electron chi connectivity index (χ0n) is 10.7. The number of hydrogen-bond acceptors (Lipinski definition) is 3. The van der Waals surface area contributed by atoms with E-state index >= 15 is 0 Å². The molecule has 1 atom stereocenters. The van der Waals surface area contributed by atoms with Crippen LogP contribution in [0.5, 0.6) is 0 Å². The van der Waals surface area contributed by atoms with Crippen LogP contribution in [0.2, 0.25) is 0 Å². The van der Waals surface area contributed by atoms with Crippen LogP contribution in [0.15, 0.2) is 30.3 Å². The van der Waals surface area contributed by atoms with Crippen molar-refractivity contribution in [2.45, 2.75) is 5.92 Å². The standard InChI is InChI=1S/C14H23N3/c1-16-7-9-17(10-8-16)12-14(11-15)13-5-3-2-4-6-13/h2-6,14H,7-12,15H2,1H3. The molecule has 0 amide bonds. The third-order valence-corrected chi connectivity index (χ3v) is 3.63. The molecule has 0 radical (unpaired) electrons. The van der Waals surface area contributed by atoms with E-state index in [2.05, 4.69) is 47.2 Å². The maximum absolute atomic E-state index is 5.91. The summed E-state index contributed by atoms with van der Waals surface area (Å²) < 4.78 is 0. The van der Waals surface area contributed by atoms with Crippen LogP contribution in [-0.4, -0.2) is 56.1 Å². The fraction of sp³-hybridized carbons (Fsp3) is 0.571. The molecule has 1 heterocycles. The average Bonchev–Trinajstić information content (AvgIpc) is 2.39. The second-order valence-corrected chi connectivity index (χ2v) is 4.95. The summed E-state index contributed by atoms with van der Waals surface area (Å²) in [4.78, 5) is 4.92. The van der Waals surface area contributed by atoms with Crippen LogP contribution in [0, 0.1) is 0 Å². The first kappa shape index (κ1) is 12.6. The van der Waals surface area contributed by atoms with E-state index in [1.165, 1.54) is 31.7 Å². The van der Waals surface area contributed by atoms with Crippen LogP contribution < -0.4 is 5.73 Å². The summed E-state index contributed by atoms with van der Waals surface area (Å²) in [5.74, 6) is 0.472. The van der Waals surface area contributed by atoms with Crippen molar-refractivity contribution in [3.8, 4) is 0 Å². The summed E-state index contributed by atoms with van der Waals surface area (Å²) in [6.45, 7) is 6.50. The highest BCUT2D eigenvalue weighted by Gasteiger charge is 2.18. The Hall–Kier alpha value is -0.900. The minimum absolute atomic E-state index is 0.472. The van der Waals surface area contributed by atoms with Gasteiger partial charge in [-0.25, -0.2) is 0 Å². The van der Waals surface area contributed by atoms with Gasteiger partial charge in [-0.1, -0.05) is 30.3 Å². The van der Waals surface area contributed by atoms with Crippen LogP contribution in [-0.2, 0) is 0 Å². The number of likely N-dealkylation sites (N-methyl/N-ethyl adjacent to an activating group) is 1. The van der Waals surface area contributed by atoms with Gasteiger partial charge in [-0.15, -0.1) is 0 Å². The summed E-state index contributed by atoms with van der Waals surface area (Å²) in [5.41, 5.74) is 7.28. The molecule has 1 aromatic rings. The summed E-state index contributed by atoms with van der Waals surface area (Å²) in [6.07, 6.45) is 0. The first-order valence-corrected chi connectivity index (χ1v) is 6.45. The SMILES string of the molecule is CN1CCN(CC(CN)c2ccccc2)CC1.